The van der Waals surface area contributed by atoms with Gasteiger partial charge in [-0.1, -0.05) is 190 Å². The third kappa shape index (κ3) is 7.14. The maximum Gasteiger partial charge on any atom is 0.0467 e. The van der Waals surface area contributed by atoms with Gasteiger partial charge in [-0.05, 0) is 133 Å². The molecule has 2 aliphatic carbocycles. The maximum atomic E-state index is 2.55. The summed E-state index contributed by atoms with van der Waals surface area (Å²) in [7, 11) is 0. The lowest BCUT2D eigenvalue weighted by molar-refractivity contribution is 0.392. The number of benzene rings is 9. The summed E-state index contributed by atoms with van der Waals surface area (Å²) >= 11 is 0. The van der Waals surface area contributed by atoms with E-state index in [0.29, 0.717) is 0 Å². The first-order valence-corrected chi connectivity index (χ1v) is 22.1. The summed E-state index contributed by atoms with van der Waals surface area (Å²) in [4.78, 5) is 4.86. The van der Waals surface area contributed by atoms with E-state index in [1.165, 1.54) is 61.0 Å². The van der Waals surface area contributed by atoms with Crippen molar-refractivity contribution in [2.24, 2.45) is 5.92 Å². The minimum absolute atomic E-state index is 0.141. The molecule has 9 aromatic carbocycles. The zero-order valence-corrected chi connectivity index (χ0v) is 35.6. The van der Waals surface area contributed by atoms with E-state index >= 15 is 0 Å². The molecule has 0 saturated carbocycles. The van der Waals surface area contributed by atoms with E-state index in [2.05, 4.69) is 266 Å². The SMILES string of the molecule is CC1(C)c2cc(N(c3ccc(-c4ccccc4)cc3)c3ccc(-c4ccccc4)cc3)ccc2C2C=CC(N(c3ccc(-c4ccccc4)cc3)c3ccc4ccccc4c3)=CC21. The summed E-state index contributed by atoms with van der Waals surface area (Å²) in [5, 5.41) is 2.47. The standard InChI is InChI=1S/C61H48N2/c1-61(2)59-41-55(62(51-29-22-47(23-30-51)43-14-6-3-7-15-43)52-31-24-48(25-32-52)44-16-8-4-9-17-44)36-38-57(59)58-39-37-56(42-60(58)61)63(54-35-28-46-20-12-13-21-50(46)40-54)53-33-26-49(27-34-53)45-18-10-5-11-19-45/h3-42,58,60H,1-2H3. The van der Waals surface area contributed by atoms with Gasteiger partial charge in [0.05, 0.1) is 0 Å². The Morgan fingerprint density at radius 1 is 0.365 bits per heavy atom. The molecule has 0 heterocycles. The summed E-state index contributed by atoms with van der Waals surface area (Å²) in [6.07, 6.45) is 7.37. The fourth-order valence-corrected chi connectivity index (χ4v) is 9.99. The summed E-state index contributed by atoms with van der Waals surface area (Å²) in [5.41, 5.74) is 16.8. The van der Waals surface area contributed by atoms with Crippen LogP contribution >= 0.6 is 0 Å². The van der Waals surface area contributed by atoms with Gasteiger partial charge >= 0.3 is 0 Å². The molecule has 0 amide bonds. The molecule has 0 radical (unpaired) electrons. The number of allylic oxidation sites excluding steroid dienone is 3. The highest BCUT2D eigenvalue weighted by molar-refractivity contribution is 5.88. The zero-order chi connectivity index (χ0) is 42.3. The fraction of sp³-hybridized carbons (Fsp3) is 0.0820. The molecule has 9 aromatic rings. The van der Waals surface area contributed by atoms with Crippen LogP contribution in [0.25, 0.3) is 44.2 Å². The number of fused-ring (bicyclic) bond motifs is 4. The Labute approximate surface area is 371 Å². The minimum atomic E-state index is -0.141. The highest BCUT2D eigenvalue weighted by Gasteiger charge is 2.46. The number of anilines is 5. The Balaban J connectivity index is 0.975. The molecule has 0 spiro atoms. The summed E-state index contributed by atoms with van der Waals surface area (Å²) in [6.45, 7) is 4.88. The smallest absolute Gasteiger partial charge is 0.0467 e. The number of nitrogens with zero attached hydrogens (tertiary/aromatic N) is 2. The van der Waals surface area contributed by atoms with E-state index in [1.54, 1.807) is 0 Å². The highest BCUT2D eigenvalue weighted by atomic mass is 15.2. The molecule has 302 valence electrons. The number of hydrogen-bond acceptors (Lipinski definition) is 2. The van der Waals surface area contributed by atoms with Crippen molar-refractivity contribution in [2.45, 2.75) is 25.2 Å². The molecule has 2 heteroatoms. The molecule has 63 heavy (non-hydrogen) atoms. The van der Waals surface area contributed by atoms with Gasteiger partial charge in [-0.2, -0.15) is 0 Å². The fourth-order valence-electron chi connectivity index (χ4n) is 9.99. The van der Waals surface area contributed by atoms with Crippen LogP contribution in [-0.4, -0.2) is 0 Å². The predicted octanol–water partition coefficient (Wildman–Crippen LogP) is 16.6. The van der Waals surface area contributed by atoms with Crippen molar-refractivity contribution in [2.75, 3.05) is 9.80 Å². The quantitative estimate of drug-likeness (QED) is 0.143. The lowest BCUT2D eigenvalue weighted by atomic mass is 9.74. The van der Waals surface area contributed by atoms with E-state index < -0.39 is 0 Å². The molecule has 11 rings (SSSR count). The molecular formula is C61H48N2. The van der Waals surface area contributed by atoms with Crippen LogP contribution in [0.4, 0.5) is 28.4 Å². The van der Waals surface area contributed by atoms with E-state index in [9.17, 15) is 0 Å². The number of rotatable bonds is 9. The third-order valence-corrected chi connectivity index (χ3v) is 13.3. The average Bonchev–Trinajstić information content (AvgIpc) is 3.57. The largest absolute Gasteiger partial charge is 0.311 e. The summed E-state index contributed by atoms with van der Waals surface area (Å²) < 4.78 is 0. The van der Waals surface area contributed by atoms with Gasteiger partial charge in [-0.25, -0.2) is 0 Å². The molecule has 0 aliphatic heterocycles. The highest BCUT2D eigenvalue weighted by Crippen LogP contribution is 2.55. The van der Waals surface area contributed by atoms with E-state index in [-0.39, 0.29) is 17.3 Å². The molecule has 0 fully saturated rings. The number of hydrogen-bond donors (Lipinski definition) is 0. The lowest BCUT2D eigenvalue weighted by Crippen LogP contribution is -2.28. The van der Waals surface area contributed by atoms with Gasteiger partial charge < -0.3 is 9.80 Å². The Kier molecular flexibility index (Phi) is 9.70. The molecule has 0 bridgehead atoms. The minimum Gasteiger partial charge on any atom is -0.311 e. The molecule has 2 atom stereocenters. The molecule has 2 unspecified atom stereocenters. The second-order valence-corrected chi connectivity index (χ2v) is 17.4. The first kappa shape index (κ1) is 38.3. The second kappa shape index (κ2) is 16.0. The van der Waals surface area contributed by atoms with Crippen LogP contribution in [0.5, 0.6) is 0 Å². The van der Waals surface area contributed by atoms with Crippen LogP contribution in [0.2, 0.25) is 0 Å². The lowest BCUT2D eigenvalue weighted by Gasteiger charge is -2.35. The molecule has 0 N–H and O–H groups in total. The first-order chi connectivity index (χ1) is 31.0. The van der Waals surface area contributed by atoms with Crippen LogP contribution in [0.3, 0.4) is 0 Å². The van der Waals surface area contributed by atoms with Gasteiger partial charge in [0.15, 0.2) is 0 Å². The van der Waals surface area contributed by atoms with Crippen LogP contribution in [0, 0.1) is 5.92 Å². The average molecular weight is 809 g/mol. The Morgan fingerprint density at radius 2 is 0.778 bits per heavy atom. The molecule has 0 aromatic heterocycles. The van der Waals surface area contributed by atoms with E-state index in [0.717, 1.165) is 28.4 Å². The van der Waals surface area contributed by atoms with E-state index in [1.807, 2.05) is 0 Å². The monoisotopic (exact) mass is 808 g/mol. The van der Waals surface area contributed by atoms with Crippen LogP contribution < -0.4 is 9.80 Å². The van der Waals surface area contributed by atoms with Crippen LogP contribution in [0.15, 0.2) is 248 Å². The van der Waals surface area contributed by atoms with Gasteiger partial charge in [0.2, 0.25) is 0 Å². The molecule has 2 nitrogen and oxygen atoms in total. The van der Waals surface area contributed by atoms with Crippen molar-refractivity contribution >= 4 is 39.2 Å². The topological polar surface area (TPSA) is 6.48 Å². The third-order valence-electron chi connectivity index (χ3n) is 13.3. The van der Waals surface area contributed by atoms with Crippen molar-refractivity contribution in [3.63, 3.8) is 0 Å². The zero-order valence-electron chi connectivity index (χ0n) is 35.6. The molecule has 0 saturated heterocycles. The van der Waals surface area contributed by atoms with Crippen LogP contribution in [-0.2, 0) is 5.41 Å². The van der Waals surface area contributed by atoms with Crippen molar-refractivity contribution in [3.8, 4) is 33.4 Å². The predicted molar refractivity (Wildman–Crippen MR) is 266 cm³/mol. The van der Waals surface area contributed by atoms with Gasteiger partial charge in [0.25, 0.3) is 0 Å². The summed E-state index contributed by atoms with van der Waals surface area (Å²) in [5.74, 6) is 0.536. The van der Waals surface area contributed by atoms with Gasteiger partial charge in [0, 0.05) is 40.1 Å². The Morgan fingerprint density at radius 3 is 1.30 bits per heavy atom. The van der Waals surface area contributed by atoms with Crippen LogP contribution in [0.1, 0.15) is 30.9 Å². The van der Waals surface area contributed by atoms with Gasteiger partial charge in [-0.15, -0.1) is 0 Å². The summed E-state index contributed by atoms with van der Waals surface area (Å²) in [6, 6.07) is 81.6. The van der Waals surface area contributed by atoms with Crippen molar-refractivity contribution < 1.29 is 0 Å². The Hall–Kier alpha value is -7.68. The van der Waals surface area contributed by atoms with Crippen molar-refractivity contribution in [3.05, 3.63) is 260 Å². The van der Waals surface area contributed by atoms with Crippen molar-refractivity contribution in [1.82, 2.24) is 0 Å². The molecule has 2 aliphatic rings. The first-order valence-electron chi connectivity index (χ1n) is 22.1. The van der Waals surface area contributed by atoms with Gasteiger partial charge in [-0.3, -0.25) is 0 Å². The maximum absolute atomic E-state index is 2.55. The van der Waals surface area contributed by atoms with Crippen molar-refractivity contribution in [1.29, 1.82) is 0 Å². The second-order valence-electron chi connectivity index (χ2n) is 17.4. The van der Waals surface area contributed by atoms with E-state index in [4.69, 9.17) is 0 Å². The molecular weight excluding hydrogens is 761 g/mol. The normalized spacial score (nSPS) is 15.9. The Bertz CT molecular complexity index is 3030. The van der Waals surface area contributed by atoms with Gasteiger partial charge in [0.1, 0.15) is 0 Å².